The molecule has 0 aromatic carbocycles. The lowest BCUT2D eigenvalue weighted by Crippen LogP contribution is -2.53. The van der Waals surface area contributed by atoms with Crippen LogP contribution in [-0.4, -0.2) is 50.7 Å². The van der Waals surface area contributed by atoms with Gasteiger partial charge in [0.2, 0.25) is 5.91 Å². The number of rotatable bonds is 3. The average Bonchev–Trinajstić information content (AvgIpc) is 3.07. The fourth-order valence-corrected chi connectivity index (χ4v) is 4.67. The Morgan fingerprint density at radius 1 is 1.22 bits per heavy atom. The highest BCUT2D eigenvalue weighted by molar-refractivity contribution is 5.78. The maximum absolute atomic E-state index is 12.7. The molecule has 3 atom stereocenters. The molecule has 3 heterocycles. The number of hydrogen-bond donors (Lipinski definition) is 1. The number of aromatic nitrogens is 3. The molecule has 3 aliphatic rings. The maximum atomic E-state index is 12.7. The van der Waals surface area contributed by atoms with Gasteiger partial charge >= 0.3 is 0 Å². The molecule has 1 aromatic heterocycles. The molecule has 1 aromatic rings. The lowest BCUT2D eigenvalue weighted by atomic mass is 9.78. The van der Waals surface area contributed by atoms with Gasteiger partial charge in [0, 0.05) is 25.0 Å². The third-order valence-corrected chi connectivity index (χ3v) is 5.91. The molecule has 1 saturated carbocycles. The molecule has 2 fully saturated rings. The largest absolute Gasteiger partial charge is 0.338 e. The molecule has 6 nitrogen and oxygen atoms in total. The van der Waals surface area contributed by atoms with Crippen LogP contribution in [0.4, 0.5) is 0 Å². The van der Waals surface area contributed by atoms with Gasteiger partial charge in [-0.25, -0.2) is 9.67 Å². The first-order valence-electron chi connectivity index (χ1n) is 9.21. The molecule has 1 aliphatic carbocycles. The van der Waals surface area contributed by atoms with Gasteiger partial charge in [0.25, 0.3) is 0 Å². The molecule has 0 bridgehead atoms. The van der Waals surface area contributed by atoms with Crippen LogP contribution in [0.15, 0.2) is 6.33 Å². The zero-order chi connectivity index (χ0) is 15.6. The van der Waals surface area contributed by atoms with Gasteiger partial charge in [-0.1, -0.05) is 12.8 Å². The smallest absolute Gasteiger partial charge is 0.236 e. The van der Waals surface area contributed by atoms with E-state index in [1.54, 1.807) is 6.33 Å². The molecule has 1 amide bonds. The number of likely N-dealkylation sites (tertiary alicyclic amines) is 1. The summed E-state index contributed by atoms with van der Waals surface area (Å²) in [6.45, 7) is 2.26. The Morgan fingerprint density at radius 3 is 3.04 bits per heavy atom. The highest BCUT2D eigenvalue weighted by atomic mass is 16.2. The summed E-state index contributed by atoms with van der Waals surface area (Å²) < 4.78 is 1.96. The van der Waals surface area contributed by atoms with E-state index in [0.717, 1.165) is 37.7 Å². The summed E-state index contributed by atoms with van der Waals surface area (Å²) in [4.78, 5) is 19.2. The van der Waals surface area contributed by atoms with Gasteiger partial charge in [-0.15, -0.1) is 0 Å². The van der Waals surface area contributed by atoms with E-state index in [1.165, 1.54) is 38.5 Å². The minimum absolute atomic E-state index is 0.297. The van der Waals surface area contributed by atoms with E-state index in [4.69, 9.17) is 0 Å². The van der Waals surface area contributed by atoms with Gasteiger partial charge in [0.05, 0.1) is 13.1 Å². The Labute approximate surface area is 137 Å². The topological polar surface area (TPSA) is 63.1 Å². The molecule has 1 N–H and O–H groups in total. The van der Waals surface area contributed by atoms with Gasteiger partial charge in [0.1, 0.15) is 12.2 Å². The molecule has 126 valence electrons. The fraction of sp³-hybridized carbons (Fsp3) is 0.824. The van der Waals surface area contributed by atoms with E-state index < -0.39 is 0 Å². The normalized spacial score (nSPS) is 30.6. The van der Waals surface area contributed by atoms with Gasteiger partial charge in [-0.05, 0) is 38.0 Å². The Balaban J connectivity index is 1.31. The molecular weight excluding hydrogens is 290 g/mol. The van der Waals surface area contributed by atoms with Crippen LogP contribution in [0.25, 0.3) is 0 Å². The van der Waals surface area contributed by atoms with Gasteiger partial charge in [-0.3, -0.25) is 4.79 Å². The molecule has 0 radical (unpaired) electrons. The minimum atomic E-state index is 0.297. The van der Waals surface area contributed by atoms with Gasteiger partial charge in [-0.2, -0.15) is 5.10 Å². The Kier molecular flexibility index (Phi) is 4.33. The standard InChI is InChI=1S/C17H27N5O/c23-17(21-9-3-5-13-4-1-2-6-15(13)21)10-18-14-7-8-16-19-12-20-22(16)11-14/h12-15,18H,1-11H2/t13-,14+,15+/m0/s1. The maximum Gasteiger partial charge on any atom is 0.236 e. The molecule has 23 heavy (non-hydrogen) atoms. The second-order valence-electron chi connectivity index (χ2n) is 7.32. The first-order valence-corrected chi connectivity index (χ1v) is 9.21. The molecule has 1 saturated heterocycles. The van der Waals surface area contributed by atoms with Crippen LogP contribution in [0.5, 0.6) is 0 Å². The van der Waals surface area contributed by atoms with E-state index >= 15 is 0 Å². The second kappa shape index (κ2) is 6.59. The van der Waals surface area contributed by atoms with Crippen LogP contribution in [0, 0.1) is 5.92 Å². The van der Waals surface area contributed by atoms with Crippen molar-refractivity contribution in [3.8, 4) is 0 Å². The van der Waals surface area contributed by atoms with Gasteiger partial charge in [0.15, 0.2) is 0 Å². The molecule has 0 unspecified atom stereocenters. The van der Waals surface area contributed by atoms with Crippen molar-refractivity contribution < 1.29 is 4.79 Å². The quantitative estimate of drug-likeness (QED) is 0.914. The first kappa shape index (κ1) is 15.1. The van der Waals surface area contributed by atoms with Crippen LogP contribution >= 0.6 is 0 Å². The third-order valence-electron chi connectivity index (χ3n) is 5.91. The number of carbonyl (C=O) groups excluding carboxylic acids is 1. The van der Waals surface area contributed by atoms with Crippen molar-refractivity contribution in [1.29, 1.82) is 0 Å². The number of piperidine rings is 1. The monoisotopic (exact) mass is 317 g/mol. The van der Waals surface area contributed by atoms with E-state index in [-0.39, 0.29) is 0 Å². The summed E-state index contributed by atoms with van der Waals surface area (Å²) in [5.41, 5.74) is 0. The van der Waals surface area contributed by atoms with Crippen LogP contribution in [0.2, 0.25) is 0 Å². The van der Waals surface area contributed by atoms with E-state index in [1.807, 2.05) is 4.68 Å². The number of nitrogens with zero attached hydrogens (tertiary/aromatic N) is 4. The van der Waals surface area contributed by atoms with E-state index in [9.17, 15) is 4.79 Å². The Morgan fingerprint density at radius 2 is 2.09 bits per heavy atom. The molecule has 4 rings (SSSR count). The summed E-state index contributed by atoms with van der Waals surface area (Å²) in [5.74, 6) is 2.12. The van der Waals surface area contributed by atoms with E-state index in [0.29, 0.717) is 24.5 Å². The third kappa shape index (κ3) is 3.13. The van der Waals surface area contributed by atoms with Gasteiger partial charge < -0.3 is 10.2 Å². The van der Waals surface area contributed by atoms with Crippen molar-refractivity contribution in [3.05, 3.63) is 12.2 Å². The number of amides is 1. The zero-order valence-electron chi connectivity index (χ0n) is 13.8. The van der Waals surface area contributed by atoms with Crippen molar-refractivity contribution in [1.82, 2.24) is 25.0 Å². The molecule has 0 spiro atoms. The minimum Gasteiger partial charge on any atom is -0.338 e. The van der Waals surface area contributed by atoms with Crippen molar-refractivity contribution in [2.24, 2.45) is 5.92 Å². The SMILES string of the molecule is O=C(CN[C@@H]1CCc2ncnn2C1)N1CCC[C@@H]2CCCC[C@H]21. The van der Waals surface area contributed by atoms with Crippen LogP contribution in [0.1, 0.15) is 50.8 Å². The lowest BCUT2D eigenvalue weighted by Gasteiger charge is -2.44. The number of aryl methyl sites for hydroxylation is 1. The lowest BCUT2D eigenvalue weighted by molar-refractivity contribution is -0.136. The predicted molar refractivity (Wildman–Crippen MR) is 86.8 cm³/mol. The number of nitrogens with one attached hydrogen (secondary N) is 1. The predicted octanol–water partition coefficient (Wildman–Crippen LogP) is 1.36. The Bertz CT molecular complexity index is 555. The fourth-order valence-electron chi connectivity index (χ4n) is 4.67. The summed E-state index contributed by atoms with van der Waals surface area (Å²) in [5, 5.41) is 7.71. The van der Waals surface area contributed by atoms with Crippen molar-refractivity contribution in [3.63, 3.8) is 0 Å². The van der Waals surface area contributed by atoms with E-state index in [2.05, 4.69) is 20.3 Å². The highest BCUT2D eigenvalue weighted by Crippen LogP contribution is 2.35. The van der Waals surface area contributed by atoms with Crippen LogP contribution < -0.4 is 5.32 Å². The summed E-state index contributed by atoms with van der Waals surface area (Å²) >= 11 is 0. The van der Waals surface area contributed by atoms with Crippen LogP contribution in [0.3, 0.4) is 0 Å². The summed E-state index contributed by atoms with van der Waals surface area (Å²) in [7, 11) is 0. The molecule has 6 heteroatoms. The second-order valence-corrected chi connectivity index (χ2v) is 7.32. The van der Waals surface area contributed by atoms with Crippen molar-refractivity contribution in [2.45, 2.75) is 70.0 Å². The number of hydrogen-bond acceptors (Lipinski definition) is 4. The highest BCUT2D eigenvalue weighted by Gasteiger charge is 2.35. The first-order chi connectivity index (χ1) is 11.3. The molecular formula is C17H27N5O. The number of fused-ring (bicyclic) bond motifs is 2. The summed E-state index contributed by atoms with van der Waals surface area (Å²) in [6.07, 6.45) is 11.3. The van der Waals surface area contributed by atoms with Crippen molar-refractivity contribution in [2.75, 3.05) is 13.1 Å². The summed E-state index contributed by atoms with van der Waals surface area (Å²) in [6, 6.07) is 0.847. The zero-order valence-corrected chi connectivity index (χ0v) is 13.8. The number of carbonyl (C=O) groups is 1. The Hall–Kier alpha value is -1.43. The van der Waals surface area contributed by atoms with Crippen molar-refractivity contribution >= 4 is 5.91 Å². The molecule has 2 aliphatic heterocycles. The van der Waals surface area contributed by atoms with Crippen LogP contribution in [-0.2, 0) is 17.8 Å². The average molecular weight is 317 g/mol.